The zero-order valence-electron chi connectivity index (χ0n) is 20.5. The van der Waals surface area contributed by atoms with Crippen molar-refractivity contribution in [2.75, 3.05) is 39.3 Å². The van der Waals surface area contributed by atoms with Gasteiger partial charge in [-0.05, 0) is 63.1 Å². The monoisotopic (exact) mass is 571 g/mol. The van der Waals surface area contributed by atoms with E-state index in [0.717, 1.165) is 37.8 Å². The van der Waals surface area contributed by atoms with Crippen molar-refractivity contribution in [3.05, 3.63) is 35.4 Å². The van der Waals surface area contributed by atoms with Crippen LogP contribution in [0.5, 0.6) is 0 Å². The van der Waals surface area contributed by atoms with E-state index in [9.17, 15) is 4.79 Å². The number of halogens is 1. The van der Waals surface area contributed by atoms with E-state index in [-0.39, 0.29) is 30.1 Å². The fourth-order valence-corrected chi connectivity index (χ4v) is 4.64. The zero-order chi connectivity index (χ0) is 22.8. The Hall–Kier alpha value is -1.55. The molecule has 186 valence electrons. The van der Waals surface area contributed by atoms with Crippen molar-refractivity contribution < 1.29 is 9.53 Å². The van der Waals surface area contributed by atoms with Gasteiger partial charge in [0.05, 0.1) is 13.2 Å². The van der Waals surface area contributed by atoms with Crippen molar-refractivity contribution in [1.29, 1.82) is 0 Å². The van der Waals surface area contributed by atoms with E-state index in [1.54, 1.807) is 4.90 Å². The summed E-state index contributed by atoms with van der Waals surface area (Å²) in [5.74, 6) is 1.64. The van der Waals surface area contributed by atoms with Crippen molar-refractivity contribution in [3.63, 3.8) is 0 Å². The number of nitrogens with one attached hydrogen (secondary N) is 2. The molecule has 0 aromatic heterocycles. The van der Waals surface area contributed by atoms with E-state index < -0.39 is 0 Å². The Morgan fingerprint density at radius 3 is 2.52 bits per heavy atom. The van der Waals surface area contributed by atoms with Gasteiger partial charge in [-0.1, -0.05) is 31.2 Å². The predicted molar refractivity (Wildman–Crippen MR) is 145 cm³/mol. The summed E-state index contributed by atoms with van der Waals surface area (Å²) < 4.78 is 5.12. The van der Waals surface area contributed by atoms with Gasteiger partial charge in [-0.3, -0.25) is 4.90 Å². The van der Waals surface area contributed by atoms with Crippen LogP contribution >= 0.6 is 24.0 Å². The number of hydrogen-bond acceptors (Lipinski definition) is 4. The molecule has 0 spiro atoms. The largest absolute Gasteiger partial charge is 0.450 e. The minimum absolute atomic E-state index is 0. The second-order valence-corrected chi connectivity index (χ2v) is 9.05. The van der Waals surface area contributed by atoms with Gasteiger partial charge in [0, 0.05) is 38.8 Å². The summed E-state index contributed by atoms with van der Waals surface area (Å²) in [6.07, 6.45) is 4.23. The van der Waals surface area contributed by atoms with Gasteiger partial charge in [-0.25, -0.2) is 9.79 Å². The van der Waals surface area contributed by atoms with Crippen LogP contribution in [0.25, 0.3) is 0 Å². The van der Waals surface area contributed by atoms with Gasteiger partial charge in [-0.15, -0.1) is 24.0 Å². The summed E-state index contributed by atoms with van der Waals surface area (Å²) >= 11 is 0. The van der Waals surface area contributed by atoms with Crippen molar-refractivity contribution in [2.45, 2.75) is 65.6 Å². The van der Waals surface area contributed by atoms with Crippen LogP contribution in [0.15, 0.2) is 29.3 Å². The van der Waals surface area contributed by atoms with Gasteiger partial charge >= 0.3 is 6.09 Å². The van der Waals surface area contributed by atoms with Gasteiger partial charge < -0.3 is 20.3 Å². The lowest BCUT2D eigenvalue weighted by atomic mass is 9.99. The zero-order valence-corrected chi connectivity index (χ0v) is 22.8. The Kier molecular flexibility index (Phi) is 12.3. The molecule has 3 rings (SSSR count). The molecule has 2 saturated heterocycles. The molecule has 2 N–H and O–H groups in total. The summed E-state index contributed by atoms with van der Waals surface area (Å²) in [7, 11) is 0. The second kappa shape index (κ2) is 14.7. The normalized spacial score (nSPS) is 20.2. The maximum Gasteiger partial charge on any atom is 0.409 e. The molecule has 2 aliphatic rings. The number of rotatable bonds is 7. The number of carbonyl (C=O) groups is 1. The van der Waals surface area contributed by atoms with Gasteiger partial charge in [0.25, 0.3) is 0 Å². The lowest BCUT2D eigenvalue weighted by molar-refractivity contribution is 0.0963. The molecule has 1 unspecified atom stereocenters. The third-order valence-electron chi connectivity index (χ3n) is 6.37. The molecule has 7 nitrogen and oxygen atoms in total. The van der Waals surface area contributed by atoms with Crippen molar-refractivity contribution in [3.8, 4) is 0 Å². The molecule has 8 heteroatoms. The molecule has 1 aromatic rings. The number of carbonyl (C=O) groups excluding carboxylic acids is 1. The molecule has 1 atom stereocenters. The van der Waals surface area contributed by atoms with Gasteiger partial charge in [0.15, 0.2) is 5.96 Å². The van der Waals surface area contributed by atoms with E-state index in [4.69, 9.17) is 9.73 Å². The standard InChI is InChI=1S/C25H41N5O2.HI/c1-4-26-24(28-23-12-15-30(16-13-23)25(31)32-5-2)27-17-21-10-6-7-11-22(21)19-29-14-8-9-20(3)18-29;/h6-7,10-11,20,23H,4-5,8-9,12-19H2,1-3H3,(H2,26,27,28);1H. The summed E-state index contributed by atoms with van der Waals surface area (Å²) in [6, 6.07) is 9.00. The molecular formula is C25H42IN5O2. The first kappa shape index (κ1) is 27.7. The topological polar surface area (TPSA) is 69.2 Å². The minimum Gasteiger partial charge on any atom is -0.450 e. The molecule has 2 heterocycles. The highest BCUT2D eigenvalue weighted by molar-refractivity contribution is 14.0. The van der Waals surface area contributed by atoms with E-state index in [1.807, 2.05) is 6.92 Å². The Morgan fingerprint density at radius 2 is 1.85 bits per heavy atom. The Bertz CT molecular complexity index is 752. The fraction of sp³-hybridized carbons (Fsp3) is 0.680. The van der Waals surface area contributed by atoms with Crippen LogP contribution < -0.4 is 10.6 Å². The molecule has 0 saturated carbocycles. The Morgan fingerprint density at radius 1 is 1.12 bits per heavy atom. The highest BCUT2D eigenvalue weighted by Gasteiger charge is 2.24. The molecule has 1 amide bonds. The minimum atomic E-state index is -0.203. The first-order valence-corrected chi connectivity index (χ1v) is 12.3. The number of likely N-dealkylation sites (tertiary alicyclic amines) is 2. The van der Waals surface area contributed by atoms with Crippen LogP contribution in [0.3, 0.4) is 0 Å². The Labute approximate surface area is 216 Å². The lowest BCUT2D eigenvalue weighted by Gasteiger charge is -2.32. The second-order valence-electron chi connectivity index (χ2n) is 9.05. The number of piperidine rings is 2. The summed E-state index contributed by atoms with van der Waals surface area (Å²) in [4.78, 5) is 21.2. The number of ether oxygens (including phenoxy) is 1. The predicted octanol–water partition coefficient (Wildman–Crippen LogP) is 4.21. The van der Waals surface area contributed by atoms with Crippen molar-refractivity contribution >= 4 is 36.0 Å². The van der Waals surface area contributed by atoms with E-state index >= 15 is 0 Å². The molecule has 2 fully saturated rings. The average molecular weight is 572 g/mol. The quantitative estimate of drug-likeness (QED) is 0.292. The Balaban J connectivity index is 0.00000385. The van der Waals surface area contributed by atoms with E-state index in [2.05, 4.69) is 53.6 Å². The van der Waals surface area contributed by atoms with Gasteiger partial charge in [0.1, 0.15) is 0 Å². The van der Waals surface area contributed by atoms with Gasteiger partial charge in [0.2, 0.25) is 0 Å². The fourth-order valence-electron chi connectivity index (χ4n) is 4.64. The SMILES string of the molecule is CCNC(=NCc1ccccc1CN1CCCC(C)C1)NC1CCN(C(=O)OCC)CC1.I. The van der Waals surface area contributed by atoms with Crippen LogP contribution in [0, 0.1) is 5.92 Å². The lowest BCUT2D eigenvalue weighted by Crippen LogP contribution is -2.49. The van der Waals surface area contributed by atoms with Crippen LogP contribution in [0.2, 0.25) is 0 Å². The van der Waals surface area contributed by atoms with Crippen LogP contribution in [0.1, 0.15) is 57.6 Å². The summed E-state index contributed by atoms with van der Waals surface area (Å²) in [6.45, 7) is 13.0. The molecule has 1 aromatic carbocycles. The smallest absolute Gasteiger partial charge is 0.409 e. The molecule has 0 aliphatic carbocycles. The van der Waals surface area contributed by atoms with Crippen LogP contribution in [-0.2, 0) is 17.8 Å². The number of hydrogen-bond donors (Lipinski definition) is 2. The number of aliphatic imine (C=N–C) groups is 1. The third-order valence-corrected chi connectivity index (χ3v) is 6.37. The molecule has 0 bridgehead atoms. The maximum atomic E-state index is 11.9. The van der Waals surface area contributed by atoms with E-state index in [1.165, 1.54) is 37.1 Å². The summed E-state index contributed by atoms with van der Waals surface area (Å²) in [5.41, 5.74) is 2.67. The number of amides is 1. The highest BCUT2D eigenvalue weighted by atomic mass is 127. The first-order chi connectivity index (χ1) is 15.6. The molecule has 0 radical (unpaired) electrons. The van der Waals surface area contributed by atoms with Gasteiger partial charge in [-0.2, -0.15) is 0 Å². The maximum absolute atomic E-state index is 11.9. The number of benzene rings is 1. The third kappa shape index (κ3) is 8.96. The molecular weight excluding hydrogens is 529 g/mol. The van der Waals surface area contributed by atoms with Crippen molar-refractivity contribution in [2.24, 2.45) is 10.9 Å². The van der Waals surface area contributed by atoms with Crippen molar-refractivity contribution in [1.82, 2.24) is 20.4 Å². The average Bonchev–Trinajstić information content (AvgIpc) is 2.79. The summed E-state index contributed by atoms with van der Waals surface area (Å²) in [5, 5.41) is 6.96. The van der Waals surface area contributed by atoms with E-state index in [0.29, 0.717) is 32.3 Å². The van der Waals surface area contributed by atoms with Crippen LogP contribution in [-0.4, -0.2) is 67.2 Å². The number of nitrogens with zero attached hydrogens (tertiary/aromatic N) is 3. The first-order valence-electron chi connectivity index (χ1n) is 12.3. The highest BCUT2D eigenvalue weighted by Crippen LogP contribution is 2.20. The molecule has 2 aliphatic heterocycles. The molecule has 33 heavy (non-hydrogen) atoms. The number of guanidine groups is 1. The van der Waals surface area contributed by atoms with Crippen LogP contribution in [0.4, 0.5) is 4.79 Å².